The maximum absolute atomic E-state index is 13.4. The van der Waals surface area contributed by atoms with E-state index in [0.717, 1.165) is 0 Å². The molecule has 0 bridgehead atoms. The van der Waals surface area contributed by atoms with Crippen molar-refractivity contribution in [1.82, 2.24) is 0 Å². The predicted molar refractivity (Wildman–Crippen MR) is 74.1 cm³/mol. The lowest BCUT2D eigenvalue weighted by atomic mass is 10.1. The van der Waals surface area contributed by atoms with Gasteiger partial charge in [0.15, 0.2) is 23.3 Å². The SMILES string of the molecule is C/C(=N\OCc1c(F)c(F)c(F)c(F)c1F)c1ccccc1N. The molecule has 0 aliphatic rings. The van der Waals surface area contributed by atoms with Crippen LogP contribution in [0.15, 0.2) is 29.4 Å². The van der Waals surface area contributed by atoms with E-state index in [1.165, 1.54) is 6.92 Å². The molecule has 2 rings (SSSR count). The van der Waals surface area contributed by atoms with Crippen LogP contribution in [0.1, 0.15) is 18.1 Å². The minimum atomic E-state index is -2.22. The highest BCUT2D eigenvalue weighted by atomic mass is 19.2. The van der Waals surface area contributed by atoms with Crippen LogP contribution in [0.2, 0.25) is 0 Å². The fourth-order valence-corrected chi connectivity index (χ4v) is 1.85. The Hall–Kier alpha value is -2.64. The summed E-state index contributed by atoms with van der Waals surface area (Å²) in [7, 11) is 0. The Labute approximate surface area is 128 Å². The van der Waals surface area contributed by atoms with Crippen LogP contribution in [-0.2, 0) is 11.4 Å². The van der Waals surface area contributed by atoms with E-state index in [1.807, 2.05) is 0 Å². The minimum absolute atomic E-state index is 0.284. The first-order valence-electron chi connectivity index (χ1n) is 6.36. The second kappa shape index (κ2) is 6.64. The molecule has 0 atom stereocenters. The van der Waals surface area contributed by atoms with E-state index in [9.17, 15) is 22.0 Å². The van der Waals surface area contributed by atoms with Crippen LogP contribution >= 0.6 is 0 Å². The molecule has 0 heterocycles. The van der Waals surface area contributed by atoms with Crippen molar-refractivity contribution in [2.45, 2.75) is 13.5 Å². The van der Waals surface area contributed by atoms with Gasteiger partial charge in [0, 0.05) is 11.3 Å². The van der Waals surface area contributed by atoms with Crippen molar-refractivity contribution in [3.63, 3.8) is 0 Å². The normalized spacial score (nSPS) is 11.7. The van der Waals surface area contributed by atoms with E-state index in [0.29, 0.717) is 11.3 Å². The molecule has 0 amide bonds. The molecule has 2 N–H and O–H groups in total. The third-order valence-corrected chi connectivity index (χ3v) is 3.06. The molecule has 3 nitrogen and oxygen atoms in total. The fraction of sp³-hybridized carbons (Fsp3) is 0.133. The van der Waals surface area contributed by atoms with Crippen LogP contribution in [0.3, 0.4) is 0 Å². The molecule has 2 aromatic carbocycles. The first-order chi connectivity index (χ1) is 10.8. The average Bonchev–Trinajstić information content (AvgIpc) is 2.54. The Morgan fingerprint density at radius 1 is 0.957 bits per heavy atom. The monoisotopic (exact) mass is 330 g/mol. The number of halogens is 5. The van der Waals surface area contributed by atoms with Crippen molar-refractivity contribution >= 4 is 11.4 Å². The van der Waals surface area contributed by atoms with Gasteiger partial charge in [-0.2, -0.15) is 0 Å². The molecule has 0 aliphatic carbocycles. The van der Waals surface area contributed by atoms with Crippen LogP contribution in [0.5, 0.6) is 0 Å². The number of hydrogen-bond acceptors (Lipinski definition) is 3. The largest absolute Gasteiger partial charge is 0.398 e. The number of nitrogens with zero attached hydrogens (tertiary/aromatic N) is 1. The number of rotatable bonds is 4. The summed E-state index contributed by atoms with van der Waals surface area (Å²) in [5, 5.41) is 3.58. The molecule has 2 aromatic rings. The summed E-state index contributed by atoms with van der Waals surface area (Å²) >= 11 is 0. The third-order valence-electron chi connectivity index (χ3n) is 3.06. The first kappa shape index (κ1) is 16.7. The molecule has 0 spiro atoms. The molecule has 0 saturated carbocycles. The van der Waals surface area contributed by atoms with Crippen LogP contribution < -0.4 is 5.73 Å². The highest BCUT2D eigenvalue weighted by molar-refractivity contribution is 6.02. The van der Waals surface area contributed by atoms with Gasteiger partial charge in [0.25, 0.3) is 0 Å². The fourth-order valence-electron chi connectivity index (χ4n) is 1.85. The predicted octanol–water partition coefficient (Wildman–Crippen LogP) is 3.91. The van der Waals surface area contributed by atoms with Gasteiger partial charge in [-0.05, 0) is 13.0 Å². The number of benzene rings is 2. The van der Waals surface area contributed by atoms with Gasteiger partial charge in [-0.25, -0.2) is 22.0 Å². The Balaban J connectivity index is 2.22. The zero-order valence-electron chi connectivity index (χ0n) is 11.8. The van der Waals surface area contributed by atoms with Crippen LogP contribution in [0.4, 0.5) is 27.6 Å². The molecule has 0 fully saturated rings. The van der Waals surface area contributed by atoms with E-state index >= 15 is 0 Å². The van der Waals surface area contributed by atoms with Crippen LogP contribution in [0.25, 0.3) is 0 Å². The maximum atomic E-state index is 13.4. The zero-order chi connectivity index (χ0) is 17.1. The van der Waals surface area contributed by atoms with Gasteiger partial charge in [-0.3, -0.25) is 0 Å². The van der Waals surface area contributed by atoms with E-state index in [4.69, 9.17) is 10.6 Å². The zero-order valence-corrected chi connectivity index (χ0v) is 11.8. The van der Waals surface area contributed by atoms with Gasteiger partial charge < -0.3 is 10.6 Å². The number of nitrogen functional groups attached to an aromatic ring is 1. The van der Waals surface area contributed by atoms with Gasteiger partial charge in [-0.15, -0.1) is 0 Å². The summed E-state index contributed by atoms with van der Waals surface area (Å²) < 4.78 is 65.9. The van der Waals surface area contributed by atoms with E-state index in [2.05, 4.69) is 5.16 Å². The van der Waals surface area contributed by atoms with Crippen molar-refractivity contribution < 1.29 is 26.8 Å². The van der Waals surface area contributed by atoms with Crippen LogP contribution in [-0.4, -0.2) is 5.71 Å². The van der Waals surface area contributed by atoms with Crippen molar-refractivity contribution in [1.29, 1.82) is 0 Å². The first-order valence-corrected chi connectivity index (χ1v) is 6.36. The standard InChI is InChI=1S/C15H11F5N2O/c1-7(8-4-2-3-5-10(8)21)22-23-6-9-11(16)13(18)15(20)14(19)12(9)17/h2-5H,6,21H2,1H3/b22-7+. The lowest BCUT2D eigenvalue weighted by Crippen LogP contribution is -2.08. The molecule has 0 unspecified atom stereocenters. The molecule has 23 heavy (non-hydrogen) atoms. The lowest BCUT2D eigenvalue weighted by molar-refractivity contribution is 0.123. The molecule has 0 saturated heterocycles. The summed E-state index contributed by atoms with van der Waals surface area (Å²) in [5.41, 5.74) is 5.81. The Kier molecular flexibility index (Phi) is 4.83. The number of para-hydroxylation sites is 1. The van der Waals surface area contributed by atoms with Crippen molar-refractivity contribution in [3.05, 3.63) is 64.5 Å². The van der Waals surface area contributed by atoms with Gasteiger partial charge in [-0.1, -0.05) is 23.4 Å². The smallest absolute Gasteiger partial charge is 0.200 e. The maximum Gasteiger partial charge on any atom is 0.200 e. The topological polar surface area (TPSA) is 47.6 Å². The Morgan fingerprint density at radius 3 is 2.04 bits per heavy atom. The molecule has 0 aromatic heterocycles. The summed E-state index contributed by atoms with van der Waals surface area (Å²) in [6.45, 7) is 0.597. The second-order valence-electron chi connectivity index (χ2n) is 4.59. The van der Waals surface area contributed by atoms with Crippen molar-refractivity contribution in [2.75, 3.05) is 5.73 Å². The molecular formula is C15H11F5N2O. The van der Waals surface area contributed by atoms with E-state index in [1.54, 1.807) is 24.3 Å². The molecule has 122 valence electrons. The number of nitrogens with two attached hydrogens (primary N) is 1. The quantitative estimate of drug-likeness (QED) is 0.231. The minimum Gasteiger partial charge on any atom is -0.398 e. The third kappa shape index (κ3) is 3.25. The highest BCUT2D eigenvalue weighted by Gasteiger charge is 2.25. The summed E-state index contributed by atoms with van der Waals surface area (Å²) in [6, 6.07) is 6.63. The van der Waals surface area contributed by atoms with E-state index < -0.39 is 41.3 Å². The summed E-state index contributed by atoms with van der Waals surface area (Å²) in [6.07, 6.45) is 0. The number of hydrogen-bond donors (Lipinski definition) is 1. The summed E-state index contributed by atoms with van der Waals surface area (Å²) in [5.74, 6) is -10.2. The van der Waals surface area contributed by atoms with Gasteiger partial charge in [0.05, 0.1) is 11.3 Å². The molecule has 0 radical (unpaired) electrons. The van der Waals surface area contributed by atoms with Crippen molar-refractivity contribution in [3.8, 4) is 0 Å². The summed E-state index contributed by atoms with van der Waals surface area (Å²) in [4.78, 5) is 4.70. The van der Waals surface area contributed by atoms with Crippen molar-refractivity contribution in [2.24, 2.45) is 5.16 Å². The molecule has 8 heteroatoms. The van der Waals surface area contributed by atoms with Crippen LogP contribution in [0, 0.1) is 29.1 Å². The number of oxime groups is 1. The lowest BCUT2D eigenvalue weighted by Gasteiger charge is -2.08. The van der Waals surface area contributed by atoms with Gasteiger partial charge in [0.2, 0.25) is 5.82 Å². The Morgan fingerprint density at radius 2 is 1.48 bits per heavy atom. The average molecular weight is 330 g/mol. The van der Waals surface area contributed by atoms with Gasteiger partial charge in [0.1, 0.15) is 6.61 Å². The highest BCUT2D eigenvalue weighted by Crippen LogP contribution is 2.23. The molecular weight excluding hydrogens is 319 g/mol. The second-order valence-corrected chi connectivity index (χ2v) is 4.59. The Bertz CT molecular complexity index is 748. The van der Waals surface area contributed by atoms with Gasteiger partial charge >= 0.3 is 0 Å². The molecule has 0 aliphatic heterocycles. The van der Waals surface area contributed by atoms with E-state index in [-0.39, 0.29) is 5.71 Å². The number of anilines is 1.